The molecule has 0 aliphatic rings. The van der Waals surface area contributed by atoms with Gasteiger partial charge in [-0.05, 0) is 86.0 Å². The van der Waals surface area contributed by atoms with Crippen molar-refractivity contribution in [3.8, 4) is 0 Å². The molecule has 1 amide bonds. The maximum absolute atomic E-state index is 12.5. The first-order chi connectivity index (χ1) is 17.2. The smallest absolute Gasteiger partial charge is 0.333 e. The summed E-state index contributed by atoms with van der Waals surface area (Å²) in [5.74, 6) is -4.61. The molecule has 0 saturated carbocycles. The van der Waals surface area contributed by atoms with Gasteiger partial charge in [-0.1, -0.05) is 60.4 Å². The third kappa shape index (κ3) is 12.9. The number of nitrogens with one attached hydrogen (secondary N) is 1. The number of carbonyl (C=O) groups excluding carboxylic acids is 1. The lowest BCUT2D eigenvalue weighted by atomic mass is 9.86. The predicted octanol–water partition coefficient (Wildman–Crippen LogP) is 6.62. The van der Waals surface area contributed by atoms with E-state index in [1.807, 2.05) is 6.92 Å². The lowest BCUT2D eigenvalue weighted by molar-refractivity contribution is -0.154. The van der Waals surface area contributed by atoms with Gasteiger partial charge < -0.3 is 14.9 Å². The van der Waals surface area contributed by atoms with Crippen LogP contribution in [0.1, 0.15) is 99.8 Å². The van der Waals surface area contributed by atoms with Gasteiger partial charge in [0.1, 0.15) is 0 Å². The van der Waals surface area contributed by atoms with Gasteiger partial charge in [0.25, 0.3) is 5.91 Å². The molecule has 8 nitrogen and oxygen atoms in total. The molecule has 0 saturated heterocycles. The zero-order chi connectivity index (χ0) is 28.6. The fourth-order valence-corrected chi connectivity index (χ4v) is 5.56. The van der Waals surface area contributed by atoms with Crippen LogP contribution in [0.4, 0.5) is 0 Å². The van der Waals surface area contributed by atoms with Crippen LogP contribution in [0.5, 0.6) is 0 Å². The number of carbonyl (C=O) groups is 2. The summed E-state index contributed by atoms with van der Waals surface area (Å²) in [6, 6.07) is 0. The van der Waals surface area contributed by atoms with E-state index in [1.54, 1.807) is 6.08 Å². The average molecular weight is 542 g/mol. The molecule has 0 fully saturated rings. The van der Waals surface area contributed by atoms with Crippen molar-refractivity contribution in [2.75, 3.05) is 6.61 Å². The summed E-state index contributed by atoms with van der Waals surface area (Å²) in [4.78, 5) is 48.9. The molecular weight excluding hydrogens is 493 g/mol. The Morgan fingerprint density at radius 1 is 0.838 bits per heavy atom. The Labute approximate surface area is 223 Å². The van der Waals surface area contributed by atoms with E-state index in [4.69, 9.17) is 4.84 Å². The third-order valence-corrected chi connectivity index (χ3v) is 8.74. The van der Waals surface area contributed by atoms with E-state index in [1.165, 1.54) is 30.6 Å². The minimum absolute atomic E-state index is 0.0184. The maximum atomic E-state index is 12.5. The minimum Gasteiger partial charge on any atom is -0.481 e. The molecule has 0 spiro atoms. The zero-order valence-corrected chi connectivity index (χ0v) is 24.6. The Hall–Kier alpha value is -1.99. The highest BCUT2D eigenvalue weighted by molar-refractivity contribution is 7.53. The first kappa shape index (κ1) is 35.0. The molecule has 1 unspecified atom stereocenters. The summed E-state index contributed by atoms with van der Waals surface area (Å²) in [5.41, 5.74) is 7.22. The van der Waals surface area contributed by atoms with Crippen LogP contribution in [0.2, 0.25) is 0 Å². The number of aliphatic carboxylic acids is 1. The van der Waals surface area contributed by atoms with Gasteiger partial charge in [0, 0.05) is 0 Å². The lowest BCUT2D eigenvalue weighted by Crippen LogP contribution is -2.50. The molecule has 0 heterocycles. The maximum Gasteiger partial charge on any atom is 0.333 e. The summed E-state index contributed by atoms with van der Waals surface area (Å²) in [7, 11) is -4.89. The average Bonchev–Trinajstić information content (AvgIpc) is 2.78. The van der Waals surface area contributed by atoms with E-state index >= 15 is 0 Å². The van der Waals surface area contributed by atoms with Crippen molar-refractivity contribution in [2.45, 2.75) is 105 Å². The Morgan fingerprint density at radius 3 is 1.65 bits per heavy atom. The van der Waals surface area contributed by atoms with Crippen LogP contribution in [0.25, 0.3) is 0 Å². The lowest BCUT2D eigenvalue weighted by Gasteiger charge is -2.36. The summed E-state index contributed by atoms with van der Waals surface area (Å²) in [5, 5.41) is 7.54. The Morgan fingerprint density at radius 2 is 1.27 bits per heavy atom. The summed E-state index contributed by atoms with van der Waals surface area (Å²) >= 11 is 0. The second kappa shape index (κ2) is 17.5. The molecule has 0 radical (unpaired) electrons. The minimum atomic E-state index is -4.89. The van der Waals surface area contributed by atoms with Crippen molar-refractivity contribution in [3.05, 3.63) is 46.6 Å². The largest absolute Gasteiger partial charge is 0.481 e. The Balaban J connectivity index is 4.67. The van der Waals surface area contributed by atoms with Crippen LogP contribution in [-0.4, -0.2) is 38.5 Å². The molecule has 212 valence electrons. The number of hydroxylamine groups is 1. The van der Waals surface area contributed by atoms with Gasteiger partial charge in [-0.2, -0.15) is 0 Å². The Bertz CT molecular complexity index is 903. The zero-order valence-electron chi connectivity index (χ0n) is 23.7. The van der Waals surface area contributed by atoms with Crippen LogP contribution in [0, 0.1) is 5.92 Å². The number of amides is 1. The van der Waals surface area contributed by atoms with E-state index in [0.29, 0.717) is 0 Å². The molecule has 0 rings (SSSR count). The van der Waals surface area contributed by atoms with E-state index in [9.17, 15) is 29.0 Å². The Kier molecular flexibility index (Phi) is 16.6. The number of carboxylic acids is 1. The first-order valence-corrected chi connectivity index (χ1v) is 14.6. The fraction of sp³-hybridized carbons (Fsp3) is 0.643. The van der Waals surface area contributed by atoms with Crippen molar-refractivity contribution in [1.29, 1.82) is 0 Å². The van der Waals surface area contributed by atoms with Gasteiger partial charge in [-0.15, -0.1) is 0 Å². The molecule has 0 aromatic carbocycles. The van der Waals surface area contributed by atoms with Crippen molar-refractivity contribution in [3.63, 3.8) is 0 Å². The SMILES string of the molecule is CCC(CC)(C(C(=O)O)C(=O)NOC/C=C(\C)CC/C=C(\C)CC/C=C(\C)CCC=C(C)C)P(=O)(O)O. The molecule has 0 aliphatic heterocycles. The van der Waals surface area contributed by atoms with Crippen LogP contribution >= 0.6 is 7.60 Å². The quantitative estimate of drug-likeness (QED) is 0.0504. The normalized spacial score (nSPS) is 14.4. The van der Waals surface area contributed by atoms with Crippen LogP contribution < -0.4 is 5.48 Å². The van der Waals surface area contributed by atoms with Gasteiger partial charge in [0.2, 0.25) is 0 Å². The highest BCUT2D eigenvalue weighted by Crippen LogP contribution is 2.58. The second-order valence-corrected chi connectivity index (χ2v) is 11.9. The van der Waals surface area contributed by atoms with Gasteiger partial charge in [-0.25, -0.2) is 5.48 Å². The number of carboxylic acid groups (broad SMARTS) is 1. The fourth-order valence-electron chi connectivity index (χ4n) is 4.17. The monoisotopic (exact) mass is 541 g/mol. The topological polar surface area (TPSA) is 133 Å². The van der Waals surface area contributed by atoms with Crippen molar-refractivity contribution < 1.29 is 33.9 Å². The highest BCUT2D eigenvalue weighted by atomic mass is 31.2. The summed E-state index contributed by atoms with van der Waals surface area (Å²) < 4.78 is 12.1. The number of rotatable bonds is 18. The molecule has 9 heteroatoms. The molecule has 37 heavy (non-hydrogen) atoms. The van der Waals surface area contributed by atoms with Gasteiger partial charge in [0.15, 0.2) is 5.92 Å². The predicted molar refractivity (Wildman–Crippen MR) is 149 cm³/mol. The van der Waals surface area contributed by atoms with E-state index in [-0.39, 0.29) is 19.4 Å². The van der Waals surface area contributed by atoms with Crippen LogP contribution in [0.15, 0.2) is 46.6 Å². The molecule has 0 aliphatic carbocycles. The van der Waals surface area contributed by atoms with Crippen LogP contribution in [-0.2, 0) is 19.0 Å². The van der Waals surface area contributed by atoms with Crippen molar-refractivity contribution in [1.82, 2.24) is 5.48 Å². The number of hydrogen-bond acceptors (Lipinski definition) is 4. The third-order valence-electron chi connectivity index (χ3n) is 6.69. The summed E-state index contributed by atoms with van der Waals surface area (Å²) in [6.45, 7) is 13.4. The van der Waals surface area contributed by atoms with Gasteiger partial charge >= 0.3 is 13.6 Å². The molecule has 0 bridgehead atoms. The van der Waals surface area contributed by atoms with Crippen molar-refractivity contribution in [2.24, 2.45) is 5.92 Å². The van der Waals surface area contributed by atoms with Crippen molar-refractivity contribution >= 4 is 19.5 Å². The van der Waals surface area contributed by atoms with E-state index in [0.717, 1.165) is 44.1 Å². The van der Waals surface area contributed by atoms with E-state index < -0.39 is 30.5 Å². The molecule has 0 aromatic rings. The molecule has 1 atom stereocenters. The standard InChI is InChI=1S/C28H48NO7P/c1-8-28(9-2,37(33,34)35)25(27(31)32)26(30)29-36-20-19-24(7)18-12-17-23(6)16-11-15-22(5)14-10-13-21(3)4/h13,15,17,19,25H,8-12,14,16,18,20H2,1-7H3,(H,29,30)(H,31,32)(H2,33,34,35)/b22-15+,23-17+,24-19+. The number of allylic oxidation sites excluding steroid dienone is 7. The van der Waals surface area contributed by atoms with Gasteiger partial charge in [0.05, 0.1) is 11.8 Å². The number of hydrogen-bond donors (Lipinski definition) is 4. The van der Waals surface area contributed by atoms with Gasteiger partial charge in [-0.3, -0.25) is 19.0 Å². The van der Waals surface area contributed by atoms with Crippen LogP contribution in [0.3, 0.4) is 0 Å². The summed E-state index contributed by atoms with van der Waals surface area (Å²) in [6.07, 6.45) is 14.2. The molecule has 4 N–H and O–H groups in total. The molecule has 0 aromatic heterocycles. The van der Waals surface area contributed by atoms with E-state index in [2.05, 4.69) is 51.4 Å². The second-order valence-electron chi connectivity index (χ2n) is 9.95. The first-order valence-electron chi connectivity index (χ1n) is 13.0. The highest BCUT2D eigenvalue weighted by Gasteiger charge is 2.56. The molecular formula is C28H48NO7P.